The molecule has 1 amide bonds. The zero-order valence-electron chi connectivity index (χ0n) is 17.5. The van der Waals surface area contributed by atoms with Crippen LogP contribution in [0, 0.1) is 4.84 Å². The van der Waals surface area contributed by atoms with Crippen LogP contribution in [0.4, 0.5) is 11.4 Å². The average Bonchev–Trinajstić information content (AvgIpc) is 3.26. The molecule has 4 aromatic rings. The predicted molar refractivity (Wildman–Crippen MR) is 136 cm³/mol. The molecule has 0 radical (unpaired) electrons. The number of benzene rings is 3. The van der Waals surface area contributed by atoms with Crippen molar-refractivity contribution in [3.05, 3.63) is 86.6 Å². The highest BCUT2D eigenvalue weighted by Gasteiger charge is 2.22. The topological polar surface area (TPSA) is 108 Å². The highest BCUT2D eigenvalue weighted by molar-refractivity contribution is 9.10. The Morgan fingerprint density at radius 1 is 1.12 bits per heavy atom. The van der Waals surface area contributed by atoms with Crippen molar-refractivity contribution in [2.24, 2.45) is 0 Å². The average molecular weight is 580 g/mol. The van der Waals surface area contributed by atoms with Crippen molar-refractivity contribution >= 4 is 67.1 Å². The minimum Gasteiger partial charge on any atom is -0.348 e. The zero-order valence-corrected chi connectivity index (χ0v) is 21.4. The van der Waals surface area contributed by atoms with Crippen LogP contribution in [0.25, 0.3) is 11.4 Å². The van der Waals surface area contributed by atoms with Crippen LogP contribution >= 0.6 is 39.7 Å². The quantitative estimate of drug-likeness (QED) is 0.276. The van der Waals surface area contributed by atoms with Gasteiger partial charge in [-0.05, 0) is 78.9 Å². The second-order valence-corrected chi connectivity index (χ2v) is 10.7. The summed E-state index contributed by atoms with van der Waals surface area (Å²) in [7, 11) is -2.38. The number of hydrogen-bond acceptors (Lipinski definition) is 6. The van der Waals surface area contributed by atoms with Gasteiger partial charge in [-0.1, -0.05) is 27.5 Å². The van der Waals surface area contributed by atoms with E-state index in [4.69, 9.17) is 28.3 Å². The van der Waals surface area contributed by atoms with Gasteiger partial charge in [0.2, 0.25) is 0 Å². The van der Waals surface area contributed by atoms with Crippen molar-refractivity contribution in [2.45, 2.75) is 4.90 Å². The normalized spacial score (nSPS) is 11.3. The summed E-state index contributed by atoms with van der Waals surface area (Å²) in [6.45, 7) is 0. The third kappa shape index (κ3) is 5.07. The Morgan fingerprint density at radius 3 is 2.41 bits per heavy atom. The molecule has 2 N–H and O–H groups in total. The van der Waals surface area contributed by atoms with E-state index in [-0.39, 0.29) is 15.3 Å². The van der Waals surface area contributed by atoms with Gasteiger partial charge in [0.05, 0.1) is 16.3 Å². The van der Waals surface area contributed by atoms with E-state index in [1.165, 1.54) is 31.3 Å². The molecule has 1 aromatic heterocycles. The Morgan fingerprint density at radius 2 is 1.79 bits per heavy atom. The number of H-pyrrole nitrogens is 1. The van der Waals surface area contributed by atoms with Crippen molar-refractivity contribution < 1.29 is 17.7 Å². The van der Waals surface area contributed by atoms with Gasteiger partial charge in [0, 0.05) is 27.7 Å². The van der Waals surface area contributed by atoms with E-state index in [0.29, 0.717) is 27.8 Å². The fourth-order valence-corrected chi connectivity index (χ4v) is 4.90. The van der Waals surface area contributed by atoms with E-state index in [9.17, 15) is 13.2 Å². The molecule has 8 nitrogen and oxygen atoms in total. The lowest BCUT2D eigenvalue weighted by Gasteiger charge is -2.19. The Balaban J connectivity index is 1.56. The molecule has 4 rings (SSSR count). The number of aromatic nitrogens is 2. The number of nitrogens with zero attached hydrogens (tertiary/aromatic N) is 2. The standard InChI is InChI=1S/C22H16BrClN4O4S2/c1-28(16-7-5-15(24)6-8-16)34(30,31)17-9-2-13(3-10-17)21(29)25-19-11-4-14(23)12-18(19)20-26-22(33)32-27-20/h2-12H,1H3,(H,25,29)(H,26,27,33). The molecule has 12 heteroatoms. The molecule has 0 aliphatic heterocycles. The van der Waals surface area contributed by atoms with E-state index >= 15 is 0 Å². The third-order valence-electron chi connectivity index (χ3n) is 4.89. The minimum absolute atomic E-state index is 0.0348. The lowest BCUT2D eigenvalue weighted by atomic mass is 10.1. The second kappa shape index (κ2) is 9.71. The molecule has 0 atom stereocenters. The number of hydrogen-bond donors (Lipinski definition) is 2. The number of rotatable bonds is 6. The molecule has 3 aromatic carbocycles. The van der Waals surface area contributed by atoms with Gasteiger partial charge < -0.3 is 9.84 Å². The molecule has 174 valence electrons. The molecule has 0 spiro atoms. The first-order chi connectivity index (χ1) is 16.1. The molecule has 0 unspecified atom stereocenters. The van der Waals surface area contributed by atoms with Crippen LogP contribution in [-0.2, 0) is 10.0 Å². The monoisotopic (exact) mass is 578 g/mol. The Bertz CT molecular complexity index is 1520. The van der Waals surface area contributed by atoms with Crippen LogP contribution < -0.4 is 9.62 Å². The maximum Gasteiger partial charge on any atom is 0.314 e. The van der Waals surface area contributed by atoms with E-state index in [1.54, 1.807) is 42.5 Å². The lowest BCUT2D eigenvalue weighted by molar-refractivity contribution is 0.102. The van der Waals surface area contributed by atoms with Crippen LogP contribution in [0.5, 0.6) is 0 Å². The summed E-state index contributed by atoms with van der Waals surface area (Å²) in [6.07, 6.45) is 0. The Hall–Kier alpha value is -2.99. The summed E-state index contributed by atoms with van der Waals surface area (Å²) in [5.41, 5.74) is 1.76. The minimum atomic E-state index is -3.83. The summed E-state index contributed by atoms with van der Waals surface area (Å²) >= 11 is 14.2. The molecule has 0 saturated carbocycles. The number of carbonyl (C=O) groups is 1. The van der Waals surface area contributed by atoms with Gasteiger partial charge in [0.25, 0.3) is 15.9 Å². The van der Waals surface area contributed by atoms with Crippen molar-refractivity contribution in [1.82, 2.24) is 10.1 Å². The summed E-state index contributed by atoms with van der Waals surface area (Å²) in [6, 6.07) is 17.3. The molecule has 0 fully saturated rings. The van der Waals surface area contributed by atoms with Gasteiger partial charge in [0.1, 0.15) is 0 Å². The number of anilines is 2. The number of sulfonamides is 1. The van der Waals surface area contributed by atoms with Gasteiger partial charge in [-0.2, -0.15) is 4.98 Å². The maximum atomic E-state index is 13.0. The van der Waals surface area contributed by atoms with Crippen molar-refractivity contribution in [3.8, 4) is 11.4 Å². The molecular formula is C22H16BrClN4O4S2. The van der Waals surface area contributed by atoms with Gasteiger partial charge in [-0.3, -0.25) is 9.10 Å². The highest BCUT2D eigenvalue weighted by Crippen LogP contribution is 2.30. The largest absolute Gasteiger partial charge is 0.348 e. The van der Waals surface area contributed by atoms with E-state index in [2.05, 4.69) is 31.4 Å². The zero-order chi connectivity index (χ0) is 24.5. The first-order valence-electron chi connectivity index (χ1n) is 9.66. The molecule has 0 bridgehead atoms. The third-order valence-corrected chi connectivity index (χ3v) is 7.61. The second-order valence-electron chi connectivity index (χ2n) is 7.05. The van der Waals surface area contributed by atoms with Crippen LogP contribution in [0.2, 0.25) is 5.02 Å². The molecule has 0 aliphatic rings. The first-order valence-corrected chi connectivity index (χ1v) is 12.7. The Kier molecular flexibility index (Phi) is 6.89. The highest BCUT2D eigenvalue weighted by atomic mass is 79.9. The Labute approximate surface area is 213 Å². The van der Waals surface area contributed by atoms with Gasteiger partial charge >= 0.3 is 4.84 Å². The van der Waals surface area contributed by atoms with Gasteiger partial charge in [-0.15, -0.1) is 0 Å². The summed E-state index contributed by atoms with van der Waals surface area (Å²) in [4.78, 5) is 17.0. The molecular weight excluding hydrogens is 564 g/mol. The van der Waals surface area contributed by atoms with Crippen molar-refractivity contribution in [2.75, 3.05) is 16.7 Å². The van der Waals surface area contributed by atoms with E-state index in [0.717, 1.165) is 8.78 Å². The lowest BCUT2D eigenvalue weighted by Crippen LogP contribution is -2.26. The fourth-order valence-electron chi connectivity index (χ4n) is 3.09. The predicted octanol–water partition coefficient (Wildman–Crippen LogP) is 5.89. The number of halogens is 2. The molecule has 0 saturated heterocycles. The van der Waals surface area contributed by atoms with Crippen LogP contribution in [0.1, 0.15) is 10.4 Å². The fraction of sp³-hybridized carbons (Fsp3) is 0.0455. The number of nitrogens with one attached hydrogen (secondary N) is 2. The van der Waals surface area contributed by atoms with E-state index < -0.39 is 15.9 Å². The summed E-state index contributed by atoms with van der Waals surface area (Å²) in [5.74, 6) is -0.0750. The van der Waals surface area contributed by atoms with E-state index in [1.807, 2.05) is 0 Å². The smallest absolute Gasteiger partial charge is 0.314 e. The number of amides is 1. The molecule has 0 aliphatic carbocycles. The van der Waals surface area contributed by atoms with Crippen molar-refractivity contribution in [3.63, 3.8) is 0 Å². The van der Waals surface area contributed by atoms with Gasteiger partial charge in [0.15, 0.2) is 5.82 Å². The number of carbonyl (C=O) groups excluding carboxylic acids is 1. The number of aromatic amines is 1. The van der Waals surface area contributed by atoms with Crippen molar-refractivity contribution in [1.29, 1.82) is 0 Å². The van der Waals surface area contributed by atoms with Gasteiger partial charge in [-0.25, -0.2) is 13.6 Å². The first kappa shape index (κ1) is 24.1. The molecule has 1 heterocycles. The van der Waals surface area contributed by atoms with Crippen LogP contribution in [0.15, 0.2) is 80.6 Å². The van der Waals surface area contributed by atoms with Crippen LogP contribution in [0.3, 0.4) is 0 Å². The summed E-state index contributed by atoms with van der Waals surface area (Å²) in [5, 5.41) is 5.92. The SMILES string of the molecule is CN(c1ccc(Cl)cc1)S(=O)(=O)c1ccc(C(=O)Nc2ccc(Br)cc2-c2nc(=S)o[nH]2)cc1. The maximum absolute atomic E-state index is 13.0. The summed E-state index contributed by atoms with van der Waals surface area (Å²) < 4.78 is 32.9. The molecule has 34 heavy (non-hydrogen) atoms. The van der Waals surface area contributed by atoms with Crippen LogP contribution in [-0.4, -0.2) is 31.5 Å².